The van der Waals surface area contributed by atoms with Crippen LogP contribution in [0.3, 0.4) is 0 Å². The number of nitrogens with one attached hydrogen (secondary N) is 1. The molecule has 1 aliphatic heterocycles. The highest BCUT2D eigenvalue weighted by Crippen LogP contribution is 2.39. The molecule has 0 radical (unpaired) electrons. The fourth-order valence-corrected chi connectivity index (χ4v) is 4.08. The maximum absolute atomic E-state index is 12.5. The number of carbonyl (C=O) groups excluding carboxylic acids is 1. The lowest BCUT2D eigenvalue weighted by Crippen LogP contribution is -2.41. The molecule has 0 aromatic heterocycles. The Morgan fingerprint density at radius 2 is 1.85 bits per heavy atom. The lowest BCUT2D eigenvalue weighted by molar-refractivity contribution is -0.119. The summed E-state index contributed by atoms with van der Waals surface area (Å²) in [6.07, 6.45) is 0.776. The van der Waals surface area contributed by atoms with Crippen molar-refractivity contribution in [2.24, 2.45) is 0 Å². The van der Waals surface area contributed by atoms with E-state index in [9.17, 15) is 4.79 Å². The summed E-state index contributed by atoms with van der Waals surface area (Å²) in [7, 11) is 0. The number of fused-ring (bicyclic) bond motifs is 1. The third kappa shape index (κ3) is 4.82. The van der Waals surface area contributed by atoms with Crippen molar-refractivity contribution in [3.05, 3.63) is 64.7 Å². The molecular weight excluding hydrogens is 342 g/mol. The first kappa shape index (κ1) is 18.8. The first-order valence-corrected chi connectivity index (χ1v) is 10.2. The zero-order valence-electron chi connectivity index (χ0n) is 16.0. The second-order valence-electron chi connectivity index (χ2n) is 7.71. The molecule has 0 spiro atoms. The SMILES string of the molecule is Cc1ccc(CSCC(=O)N[C@H]2CC(C)(C)Oc3ccc(C)cc32)cc1. The molecule has 3 rings (SSSR count). The Hall–Kier alpha value is -1.94. The number of benzene rings is 2. The molecule has 1 N–H and O–H groups in total. The molecule has 26 heavy (non-hydrogen) atoms. The Kier molecular flexibility index (Phi) is 5.61. The van der Waals surface area contributed by atoms with Gasteiger partial charge in [-0.3, -0.25) is 4.79 Å². The summed E-state index contributed by atoms with van der Waals surface area (Å²) in [4.78, 5) is 12.5. The summed E-state index contributed by atoms with van der Waals surface area (Å²) < 4.78 is 6.08. The van der Waals surface area contributed by atoms with E-state index in [2.05, 4.69) is 69.4 Å². The van der Waals surface area contributed by atoms with E-state index < -0.39 is 0 Å². The van der Waals surface area contributed by atoms with E-state index in [1.54, 1.807) is 11.8 Å². The molecule has 1 heterocycles. The van der Waals surface area contributed by atoms with E-state index in [0.29, 0.717) is 5.75 Å². The van der Waals surface area contributed by atoms with Crippen molar-refractivity contribution in [1.29, 1.82) is 0 Å². The Balaban J connectivity index is 1.60. The maximum Gasteiger partial charge on any atom is 0.230 e. The summed E-state index contributed by atoms with van der Waals surface area (Å²) in [6, 6.07) is 14.7. The fourth-order valence-electron chi connectivity index (χ4n) is 3.28. The van der Waals surface area contributed by atoms with Crippen molar-refractivity contribution >= 4 is 17.7 Å². The van der Waals surface area contributed by atoms with Crippen LogP contribution in [0, 0.1) is 13.8 Å². The summed E-state index contributed by atoms with van der Waals surface area (Å²) >= 11 is 1.65. The van der Waals surface area contributed by atoms with Crippen LogP contribution in [0.2, 0.25) is 0 Å². The Bertz CT molecular complexity index is 783. The summed E-state index contributed by atoms with van der Waals surface area (Å²) in [5, 5.41) is 3.21. The van der Waals surface area contributed by atoms with Gasteiger partial charge in [-0.2, -0.15) is 0 Å². The zero-order valence-corrected chi connectivity index (χ0v) is 16.8. The predicted octanol–water partition coefficient (Wildman–Crippen LogP) is 4.96. The van der Waals surface area contributed by atoms with Crippen LogP contribution in [0.5, 0.6) is 5.75 Å². The first-order chi connectivity index (χ1) is 12.3. The second-order valence-corrected chi connectivity index (χ2v) is 8.69. The van der Waals surface area contributed by atoms with Crippen molar-refractivity contribution < 1.29 is 9.53 Å². The number of hydrogen-bond donors (Lipinski definition) is 1. The van der Waals surface area contributed by atoms with E-state index in [-0.39, 0.29) is 17.6 Å². The van der Waals surface area contributed by atoms with Crippen molar-refractivity contribution in [3.63, 3.8) is 0 Å². The Morgan fingerprint density at radius 3 is 2.58 bits per heavy atom. The molecule has 3 nitrogen and oxygen atoms in total. The topological polar surface area (TPSA) is 38.3 Å². The average molecular weight is 370 g/mol. The second kappa shape index (κ2) is 7.75. The van der Waals surface area contributed by atoms with Crippen LogP contribution < -0.4 is 10.1 Å². The van der Waals surface area contributed by atoms with Crippen LogP contribution in [0.25, 0.3) is 0 Å². The third-order valence-electron chi connectivity index (χ3n) is 4.58. The number of aryl methyl sites for hydroxylation is 2. The Morgan fingerprint density at radius 1 is 1.15 bits per heavy atom. The summed E-state index contributed by atoms with van der Waals surface area (Å²) in [6.45, 7) is 8.29. The van der Waals surface area contributed by atoms with E-state index in [0.717, 1.165) is 23.5 Å². The van der Waals surface area contributed by atoms with E-state index >= 15 is 0 Å². The van der Waals surface area contributed by atoms with E-state index in [1.807, 2.05) is 6.07 Å². The number of amides is 1. The molecule has 2 aromatic carbocycles. The third-order valence-corrected chi connectivity index (χ3v) is 5.58. The van der Waals surface area contributed by atoms with Gasteiger partial charge in [0.2, 0.25) is 5.91 Å². The summed E-state index contributed by atoms with van der Waals surface area (Å²) in [5.74, 6) is 2.27. The molecular formula is C22H27NO2S. The smallest absolute Gasteiger partial charge is 0.230 e. The van der Waals surface area contributed by atoms with Gasteiger partial charge in [0.05, 0.1) is 11.8 Å². The normalized spacial score (nSPS) is 17.9. The van der Waals surface area contributed by atoms with Gasteiger partial charge in [0.15, 0.2) is 0 Å². The zero-order chi connectivity index (χ0) is 18.7. The van der Waals surface area contributed by atoms with Crippen molar-refractivity contribution in [2.45, 2.75) is 51.5 Å². The highest BCUT2D eigenvalue weighted by molar-refractivity contribution is 7.99. The first-order valence-electron chi connectivity index (χ1n) is 9.05. The van der Waals surface area contributed by atoms with Gasteiger partial charge in [0.1, 0.15) is 11.4 Å². The standard InChI is InChI=1S/C22H27NO2S/c1-15-5-8-17(9-6-15)13-26-14-21(24)23-19-12-22(3,4)25-20-10-7-16(2)11-18(19)20/h5-11,19H,12-14H2,1-4H3,(H,23,24)/t19-/m0/s1. The molecule has 1 aliphatic rings. The molecule has 2 aromatic rings. The minimum Gasteiger partial charge on any atom is -0.487 e. The number of ether oxygens (including phenoxy) is 1. The van der Waals surface area contributed by atoms with Gasteiger partial charge in [-0.25, -0.2) is 0 Å². The molecule has 0 fully saturated rings. The van der Waals surface area contributed by atoms with Gasteiger partial charge < -0.3 is 10.1 Å². The largest absolute Gasteiger partial charge is 0.487 e. The quantitative estimate of drug-likeness (QED) is 0.810. The molecule has 0 saturated carbocycles. The molecule has 0 bridgehead atoms. The average Bonchev–Trinajstić information content (AvgIpc) is 2.57. The van der Waals surface area contributed by atoms with Crippen molar-refractivity contribution in [3.8, 4) is 5.75 Å². The minimum absolute atomic E-state index is 0.00104. The number of carbonyl (C=O) groups is 1. The molecule has 1 atom stereocenters. The van der Waals surface area contributed by atoms with Gasteiger partial charge in [-0.15, -0.1) is 11.8 Å². The molecule has 4 heteroatoms. The molecule has 0 unspecified atom stereocenters. The van der Waals surface area contributed by atoms with Crippen LogP contribution in [0.1, 0.15) is 48.6 Å². The van der Waals surface area contributed by atoms with Gasteiger partial charge in [-0.05, 0) is 39.3 Å². The Labute approximate surface area is 160 Å². The van der Waals surface area contributed by atoms with Gasteiger partial charge in [-0.1, -0.05) is 47.5 Å². The minimum atomic E-state index is -0.282. The highest BCUT2D eigenvalue weighted by atomic mass is 32.2. The van der Waals surface area contributed by atoms with Gasteiger partial charge in [0, 0.05) is 17.7 Å². The lowest BCUT2D eigenvalue weighted by Gasteiger charge is -2.38. The van der Waals surface area contributed by atoms with E-state index in [1.165, 1.54) is 16.7 Å². The maximum atomic E-state index is 12.5. The van der Waals surface area contributed by atoms with Crippen molar-refractivity contribution in [1.82, 2.24) is 5.32 Å². The molecule has 138 valence electrons. The molecule has 0 saturated heterocycles. The fraction of sp³-hybridized carbons (Fsp3) is 0.409. The van der Waals surface area contributed by atoms with Crippen LogP contribution in [-0.4, -0.2) is 17.3 Å². The number of hydrogen-bond acceptors (Lipinski definition) is 3. The van der Waals surface area contributed by atoms with Gasteiger partial charge >= 0.3 is 0 Å². The van der Waals surface area contributed by atoms with E-state index in [4.69, 9.17) is 4.74 Å². The van der Waals surface area contributed by atoms with Crippen LogP contribution in [-0.2, 0) is 10.5 Å². The molecule has 1 amide bonds. The lowest BCUT2D eigenvalue weighted by atomic mass is 9.89. The van der Waals surface area contributed by atoms with Crippen LogP contribution in [0.15, 0.2) is 42.5 Å². The highest BCUT2D eigenvalue weighted by Gasteiger charge is 2.34. The summed E-state index contributed by atoms with van der Waals surface area (Å²) in [5.41, 5.74) is 4.49. The molecule has 0 aliphatic carbocycles. The predicted molar refractivity (Wildman–Crippen MR) is 109 cm³/mol. The number of rotatable bonds is 5. The van der Waals surface area contributed by atoms with Crippen LogP contribution >= 0.6 is 11.8 Å². The van der Waals surface area contributed by atoms with Crippen LogP contribution in [0.4, 0.5) is 0 Å². The van der Waals surface area contributed by atoms with Gasteiger partial charge in [0.25, 0.3) is 0 Å². The van der Waals surface area contributed by atoms with Crippen molar-refractivity contribution in [2.75, 3.05) is 5.75 Å². The monoisotopic (exact) mass is 369 g/mol. The number of thioether (sulfide) groups is 1.